The summed E-state index contributed by atoms with van der Waals surface area (Å²) in [7, 11) is 2.05. The molecule has 0 aliphatic heterocycles. The summed E-state index contributed by atoms with van der Waals surface area (Å²) in [5.74, 6) is 0. The summed E-state index contributed by atoms with van der Waals surface area (Å²) in [6, 6.07) is 0. The summed E-state index contributed by atoms with van der Waals surface area (Å²) in [5, 5.41) is 1.34. The third-order valence-electron chi connectivity index (χ3n) is 3.40. The monoisotopic (exact) mass is 216 g/mol. The van der Waals surface area contributed by atoms with Crippen molar-refractivity contribution in [2.45, 2.75) is 45.2 Å². The zero-order valence-electron chi connectivity index (χ0n) is 10.4. The molecule has 0 heterocycles. The summed E-state index contributed by atoms with van der Waals surface area (Å²) in [4.78, 5) is 0. The SMILES string of the molecule is C=C(C)[Si](C)(C)C(C)CC(OC)OC. The highest BCUT2D eigenvalue weighted by Crippen LogP contribution is 2.31. The first kappa shape index (κ1) is 13.9. The molecule has 0 aromatic rings. The lowest BCUT2D eigenvalue weighted by Crippen LogP contribution is -2.35. The lowest BCUT2D eigenvalue weighted by atomic mass is 10.3. The highest BCUT2D eigenvalue weighted by molar-refractivity contribution is 6.85. The topological polar surface area (TPSA) is 18.5 Å². The number of rotatable bonds is 6. The minimum Gasteiger partial charge on any atom is -0.356 e. The lowest BCUT2D eigenvalue weighted by Gasteiger charge is -2.32. The van der Waals surface area contributed by atoms with Crippen molar-refractivity contribution in [1.29, 1.82) is 0 Å². The largest absolute Gasteiger partial charge is 0.356 e. The molecule has 0 saturated heterocycles. The molecule has 0 N–H and O–H groups in total. The van der Waals surface area contributed by atoms with E-state index in [0.717, 1.165) is 6.42 Å². The van der Waals surface area contributed by atoms with Crippen LogP contribution in [0.2, 0.25) is 18.6 Å². The van der Waals surface area contributed by atoms with Gasteiger partial charge in [0.2, 0.25) is 0 Å². The molecule has 0 aromatic heterocycles. The van der Waals surface area contributed by atoms with E-state index in [4.69, 9.17) is 9.47 Å². The van der Waals surface area contributed by atoms with Gasteiger partial charge in [-0.1, -0.05) is 25.2 Å². The molecule has 1 unspecified atom stereocenters. The van der Waals surface area contributed by atoms with Crippen LogP contribution in [0.15, 0.2) is 11.8 Å². The predicted molar refractivity (Wildman–Crippen MR) is 64.1 cm³/mol. The third kappa shape index (κ3) is 3.56. The quantitative estimate of drug-likeness (QED) is 0.501. The van der Waals surface area contributed by atoms with Crippen LogP contribution in [0.4, 0.5) is 0 Å². The molecule has 14 heavy (non-hydrogen) atoms. The summed E-state index contributed by atoms with van der Waals surface area (Å²) >= 11 is 0. The zero-order chi connectivity index (χ0) is 11.4. The maximum absolute atomic E-state index is 5.22. The van der Waals surface area contributed by atoms with Crippen LogP contribution in [0.5, 0.6) is 0 Å². The molecule has 0 amide bonds. The van der Waals surface area contributed by atoms with Crippen molar-refractivity contribution in [3.8, 4) is 0 Å². The van der Waals surface area contributed by atoms with E-state index in [2.05, 4.69) is 33.5 Å². The minimum absolute atomic E-state index is 0.0730. The van der Waals surface area contributed by atoms with E-state index in [1.165, 1.54) is 5.20 Å². The van der Waals surface area contributed by atoms with Gasteiger partial charge in [0.25, 0.3) is 0 Å². The molecule has 0 saturated carbocycles. The minimum atomic E-state index is -1.33. The fourth-order valence-corrected chi connectivity index (χ4v) is 2.92. The van der Waals surface area contributed by atoms with Gasteiger partial charge in [0, 0.05) is 14.2 Å². The van der Waals surface area contributed by atoms with E-state index < -0.39 is 8.07 Å². The Kier molecular flexibility index (Phi) is 5.63. The second-order valence-electron chi connectivity index (χ2n) is 4.54. The van der Waals surface area contributed by atoms with Crippen LogP contribution in [0, 0.1) is 0 Å². The standard InChI is InChI=1S/C11H24O2Si/c1-9(2)14(6,7)10(3)8-11(12-4)13-5/h10-11H,1,8H2,2-7H3. The highest BCUT2D eigenvalue weighted by atomic mass is 28.3. The van der Waals surface area contributed by atoms with Gasteiger partial charge >= 0.3 is 0 Å². The maximum Gasteiger partial charge on any atom is 0.156 e. The molecule has 0 bridgehead atoms. The molecule has 1 atom stereocenters. The second kappa shape index (κ2) is 5.68. The number of allylic oxidation sites excluding steroid dienone is 1. The molecule has 0 aliphatic carbocycles. The Balaban J connectivity index is 4.32. The first-order valence-electron chi connectivity index (χ1n) is 5.07. The van der Waals surface area contributed by atoms with E-state index in [1.807, 2.05) is 0 Å². The van der Waals surface area contributed by atoms with E-state index >= 15 is 0 Å². The van der Waals surface area contributed by atoms with Crippen molar-refractivity contribution in [3.05, 3.63) is 11.8 Å². The molecule has 0 spiro atoms. The number of ether oxygens (including phenoxy) is 2. The van der Waals surface area contributed by atoms with Gasteiger partial charge in [-0.25, -0.2) is 0 Å². The summed E-state index contributed by atoms with van der Waals surface area (Å²) in [6.45, 7) is 13.2. The van der Waals surface area contributed by atoms with Crippen molar-refractivity contribution in [3.63, 3.8) is 0 Å². The van der Waals surface area contributed by atoms with Crippen LogP contribution >= 0.6 is 0 Å². The van der Waals surface area contributed by atoms with Gasteiger partial charge in [0.05, 0.1) is 8.07 Å². The van der Waals surface area contributed by atoms with Gasteiger partial charge in [-0.3, -0.25) is 0 Å². The molecule has 0 aliphatic rings. The van der Waals surface area contributed by atoms with Crippen molar-refractivity contribution in [1.82, 2.24) is 0 Å². The lowest BCUT2D eigenvalue weighted by molar-refractivity contribution is -0.106. The van der Waals surface area contributed by atoms with E-state index in [9.17, 15) is 0 Å². The molecule has 0 aromatic carbocycles. The Hall–Kier alpha value is -0.123. The van der Waals surface area contributed by atoms with Gasteiger partial charge in [-0.15, -0.1) is 6.58 Å². The normalized spacial score (nSPS) is 14.5. The smallest absolute Gasteiger partial charge is 0.156 e. The van der Waals surface area contributed by atoms with Gasteiger partial charge in [0.15, 0.2) is 6.29 Å². The summed E-state index contributed by atoms with van der Waals surface area (Å²) in [6.07, 6.45) is 0.884. The highest BCUT2D eigenvalue weighted by Gasteiger charge is 2.30. The van der Waals surface area contributed by atoms with E-state index in [-0.39, 0.29) is 6.29 Å². The van der Waals surface area contributed by atoms with Crippen LogP contribution < -0.4 is 0 Å². The Morgan fingerprint density at radius 1 is 1.29 bits per heavy atom. The first-order valence-corrected chi connectivity index (χ1v) is 8.15. The van der Waals surface area contributed by atoms with Gasteiger partial charge in [0.1, 0.15) is 0 Å². The second-order valence-corrected chi connectivity index (χ2v) is 9.82. The van der Waals surface area contributed by atoms with E-state index in [1.54, 1.807) is 14.2 Å². The Labute approximate surface area is 89.3 Å². The van der Waals surface area contributed by atoms with Crippen LogP contribution in [-0.2, 0) is 9.47 Å². The van der Waals surface area contributed by atoms with Crippen LogP contribution in [-0.4, -0.2) is 28.6 Å². The first-order chi connectivity index (χ1) is 6.36. The molecule has 0 fully saturated rings. The molecular formula is C11H24O2Si. The third-order valence-corrected chi connectivity index (χ3v) is 8.30. The van der Waals surface area contributed by atoms with Gasteiger partial charge in [-0.05, 0) is 18.9 Å². The van der Waals surface area contributed by atoms with Crippen LogP contribution in [0.1, 0.15) is 20.3 Å². The Morgan fingerprint density at radius 2 is 1.71 bits per heavy atom. The summed E-state index contributed by atoms with van der Waals surface area (Å²) < 4.78 is 10.4. The molecule has 84 valence electrons. The summed E-state index contributed by atoms with van der Waals surface area (Å²) in [5.41, 5.74) is 0.630. The average Bonchev–Trinajstić information content (AvgIpc) is 2.13. The maximum atomic E-state index is 5.22. The van der Waals surface area contributed by atoms with E-state index in [0.29, 0.717) is 5.54 Å². The fraction of sp³-hybridized carbons (Fsp3) is 0.818. The Morgan fingerprint density at radius 3 is 2.00 bits per heavy atom. The van der Waals surface area contributed by atoms with Crippen LogP contribution in [0.3, 0.4) is 0 Å². The van der Waals surface area contributed by atoms with Crippen molar-refractivity contribution < 1.29 is 9.47 Å². The van der Waals surface area contributed by atoms with Gasteiger partial charge in [-0.2, -0.15) is 0 Å². The number of hydrogen-bond acceptors (Lipinski definition) is 2. The Bertz CT molecular complexity index is 186. The fourth-order valence-electron chi connectivity index (χ4n) is 1.29. The van der Waals surface area contributed by atoms with Crippen molar-refractivity contribution in [2.24, 2.45) is 0 Å². The van der Waals surface area contributed by atoms with Crippen molar-refractivity contribution >= 4 is 8.07 Å². The molecule has 3 heteroatoms. The molecule has 0 radical (unpaired) electrons. The van der Waals surface area contributed by atoms with Crippen molar-refractivity contribution in [2.75, 3.05) is 14.2 Å². The number of methoxy groups -OCH3 is 2. The van der Waals surface area contributed by atoms with Gasteiger partial charge < -0.3 is 9.47 Å². The number of hydrogen-bond donors (Lipinski definition) is 0. The molecule has 2 nitrogen and oxygen atoms in total. The average molecular weight is 216 g/mol. The molecule has 0 rings (SSSR count). The predicted octanol–water partition coefficient (Wildman–Crippen LogP) is 3.21. The zero-order valence-corrected chi connectivity index (χ0v) is 11.4. The van der Waals surface area contributed by atoms with Crippen LogP contribution in [0.25, 0.3) is 0 Å². The molecular weight excluding hydrogens is 192 g/mol.